The molecule has 1 aromatic rings. The minimum Gasteiger partial charge on any atom is -0.475 e. The Morgan fingerprint density at radius 1 is 1.25 bits per heavy atom. The van der Waals surface area contributed by atoms with Crippen LogP contribution in [-0.4, -0.2) is 35.3 Å². The zero-order valence-electron chi connectivity index (χ0n) is 12.5. The Kier molecular flexibility index (Phi) is 6.05. The maximum Gasteiger partial charge on any atom is 0.218 e. The van der Waals surface area contributed by atoms with Gasteiger partial charge >= 0.3 is 0 Å². The van der Waals surface area contributed by atoms with Crippen LogP contribution in [0.25, 0.3) is 0 Å². The minimum absolute atomic E-state index is 0.118. The molecule has 112 valence electrons. The summed E-state index contributed by atoms with van der Waals surface area (Å²) in [6, 6.07) is 1.82. The number of aromatic nitrogens is 2. The summed E-state index contributed by atoms with van der Waals surface area (Å²) in [5.74, 6) is 1.38. The SMILES string of the molecule is CC(C)Oc1cc(NCCOC2CCCCC2)ncn1. The molecule has 0 aromatic carbocycles. The summed E-state index contributed by atoms with van der Waals surface area (Å²) in [5.41, 5.74) is 0. The summed E-state index contributed by atoms with van der Waals surface area (Å²) < 4.78 is 11.4. The number of anilines is 1. The lowest BCUT2D eigenvalue weighted by Crippen LogP contribution is -2.20. The molecule has 1 saturated carbocycles. The predicted molar refractivity (Wildman–Crippen MR) is 79.1 cm³/mol. The molecule has 2 rings (SSSR count). The summed E-state index contributed by atoms with van der Waals surface area (Å²) in [6.45, 7) is 5.43. The largest absolute Gasteiger partial charge is 0.475 e. The third-order valence-electron chi connectivity index (χ3n) is 3.31. The number of nitrogens with one attached hydrogen (secondary N) is 1. The Bertz CT molecular complexity index is 392. The van der Waals surface area contributed by atoms with E-state index in [0.29, 0.717) is 12.0 Å². The Balaban J connectivity index is 1.68. The van der Waals surface area contributed by atoms with E-state index in [1.54, 1.807) is 0 Å². The Labute approximate surface area is 121 Å². The minimum atomic E-state index is 0.118. The van der Waals surface area contributed by atoms with Crippen LogP contribution in [0.15, 0.2) is 12.4 Å². The molecule has 1 aromatic heterocycles. The molecule has 1 N–H and O–H groups in total. The molecule has 1 heterocycles. The average Bonchev–Trinajstić information content (AvgIpc) is 2.44. The van der Waals surface area contributed by atoms with Gasteiger partial charge in [0.2, 0.25) is 5.88 Å². The van der Waals surface area contributed by atoms with Gasteiger partial charge in [-0.15, -0.1) is 0 Å². The third-order valence-corrected chi connectivity index (χ3v) is 3.31. The average molecular weight is 279 g/mol. The first kappa shape index (κ1) is 15.0. The fourth-order valence-electron chi connectivity index (χ4n) is 2.38. The maximum absolute atomic E-state index is 5.86. The molecular formula is C15H25N3O2. The van der Waals surface area contributed by atoms with Crippen LogP contribution in [0.2, 0.25) is 0 Å². The molecule has 5 heteroatoms. The van der Waals surface area contributed by atoms with E-state index in [1.807, 2.05) is 19.9 Å². The topological polar surface area (TPSA) is 56.3 Å². The summed E-state index contributed by atoms with van der Waals surface area (Å²) >= 11 is 0. The summed E-state index contributed by atoms with van der Waals surface area (Å²) in [7, 11) is 0. The molecule has 0 atom stereocenters. The van der Waals surface area contributed by atoms with Gasteiger partial charge in [0, 0.05) is 12.6 Å². The van der Waals surface area contributed by atoms with Gasteiger partial charge in [-0.3, -0.25) is 0 Å². The molecule has 0 aliphatic heterocycles. The van der Waals surface area contributed by atoms with E-state index >= 15 is 0 Å². The van der Waals surface area contributed by atoms with Gasteiger partial charge in [0.15, 0.2) is 0 Å². The number of hydrogen-bond donors (Lipinski definition) is 1. The highest BCUT2D eigenvalue weighted by Gasteiger charge is 2.13. The molecule has 20 heavy (non-hydrogen) atoms. The second kappa shape index (κ2) is 8.04. The molecule has 5 nitrogen and oxygen atoms in total. The first-order valence-electron chi connectivity index (χ1n) is 7.58. The van der Waals surface area contributed by atoms with Crippen LogP contribution in [0.4, 0.5) is 5.82 Å². The first-order valence-corrected chi connectivity index (χ1v) is 7.58. The maximum atomic E-state index is 5.86. The molecule has 0 amide bonds. The Morgan fingerprint density at radius 3 is 2.80 bits per heavy atom. The molecule has 0 bridgehead atoms. The van der Waals surface area contributed by atoms with Gasteiger partial charge in [0.25, 0.3) is 0 Å². The zero-order chi connectivity index (χ0) is 14.2. The van der Waals surface area contributed by atoms with Crippen LogP contribution in [0.3, 0.4) is 0 Å². The molecule has 1 fully saturated rings. The van der Waals surface area contributed by atoms with E-state index in [-0.39, 0.29) is 6.10 Å². The second-order valence-corrected chi connectivity index (χ2v) is 5.47. The summed E-state index contributed by atoms with van der Waals surface area (Å²) in [5, 5.41) is 3.24. The number of ether oxygens (including phenoxy) is 2. The number of hydrogen-bond acceptors (Lipinski definition) is 5. The Morgan fingerprint density at radius 2 is 2.05 bits per heavy atom. The van der Waals surface area contributed by atoms with Crippen LogP contribution >= 0.6 is 0 Å². The van der Waals surface area contributed by atoms with Crippen LogP contribution in [0.1, 0.15) is 46.0 Å². The molecule has 1 aliphatic carbocycles. The van der Waals surface area contributed by atoms with Crippen LogP contribution in [-0.2, 0) is 4.74 Å². The van der Waals surface area contributed by atoms with Crippen molar-refractivity contribution < 1.29 is 9.47 Å². The molecule has 0 unspecified atom stereocenters. The molecular weight excluding hydrogens is 254 g/mol. The second-order valence-electron chi connectivity index (χ2n) is 5.47. The highest BCUT2D eigenvalue weighted by Crippen LogP contribution is 2.20. The van der Waals surface area contributed by atoms with Gasteiger partial charge in [0.05, 0.1) is 18.8 Å². The van der Waals surface area contributed by atoms with E-state index in [2.05, 4.69) is 15.3 Å². The van der Waals surface area contributed by atoms with Crippen LogP contribution < -0.4 is 10.1 Å². The van der Waals surface area contributed by atoms with E-state index in [4.69, 9.17) is 9.47 Å². The summed E-state index contributed by atoms with van der Waals surface area (Å²) in [6.07, 6.45) is 8.47. The van der Waals surface area contributed by atoms with Crippen molar-refractivity contribution in [3.8, 4) is 5.88 Å². The standard InChI is InChI=1S/C15H25N3O2/c1-12(2)20-15-10-14(17-11-18-15)16-8-9-19-13-6-4-3-5-7-13/h10-13H,3-9H2,1-2H3,(H,16,17,18). The molecule has 1 aliphatic rings. The normalized spacial score (nSPS) is 16.4. The van der Waals surface area contributed by atoms with Gasteiger partial charge in [-0.1, -0.05) is 19.3 Å². The van der Waals surface area contributed by atoms with Gasteiger partial charge in [-0.25, -0.2) is 9.97 Å². The van der Waals surface area contributed by atoms with Gasteiger partial charge in [0.1, 0.15) is 12.1 Å². The van der Waals surface area contributed by atoms with Crippen molar-refractivity contribution >= 4 is 5.82 Å². The van der Waals surface area contributed by atoms with E-state index in [9.17, 15) is 0 Å². The van der Waals surface area contributed by atoms with Gasteiger partial charge in [-0.05, 0) is 26.7 Å². The van der Waals surface area contributed by atoms with Crippen molar-refractivity contribution in [2.75, 3.05) is 18.5 Å². The van der Waals surface area contributed by atoms with Crippen LogP contribution in [0, 0.1) is 0 Å². The molecule has 0 radical (unpaired) electrons. The van der Waals surface area contributed by atoms with Crippen molar-refractivity contribution in [2.45, 2.75) is 58.2 Å². The predicted octanol–water partition coefficient (Wildman–Crippen LogP) is 3.03. The quantitative estimate of drug-likeness (QED) is 0.777. The summed E-state index contributed by atoms with van der Waals surface area (Å²) in [4.78, 5) is 8.25. The van der Waals surface area contributed by atoms with Crippen LogP contribution in [0.5, 0.6) is 5.88 Å². The van der Waals surface area contributed by atoms with Gasteiger partial charge in [-0.2, -0.15) is 0 Å². The van der Waals surface area contributed by atoms with E-state index in [1.165, 1.54) is 38.4 Å². The smallest absolute Gasteiger partial charge is 0.218 e. The zero-order valence-corrected chi connectivity index (χ0v) is 12.5. The lowest BCUT2D eigenvalue weighted by atomic mass is 9.98. The number of nitrogens with zero attached hydrogens (tertiary/aromatic N) is 2. The first-order chi connectivity index (χ1) is 9.74. The molecule has 0 saturated heterocycles. The molecule has 0 spiro atoms. The lowest BCUT2D eigenvalue weighted by Gasteiger charge is -2.22. The number of rotatable bonds is 7. The Hall–Kier alpha value is -1.36. The van der Waals surface area contributed by atoms with E-state index in [0.717, 1.165) is 19.0 Å². The highest BCUT2D eigenvalue weighted by atomic mass is 16.5. The van der Waals surface area contributed by atoms with Crippen molar-refractivity contribution in [2.24, 2.45) is 0 Å². The van der Waals surface area contributed by atoms with Gasteiger partial charge < -0.3 is 14.8 Å². The monoisotopic (exact) mass is 279 g/mol. The third kappa shape index (κ3) is 5.33. The lowest BCUT2D eigenvalue weighted by molar-refractivity contribution is 0.0347. The fourth-order valence-corrected chi connectivity index (χ4v) is 2.38. The van der Waals surface area contributed by atoms with Crippen molar-refractivity contribution in [3.05, 3.63) is 12.4 Å². The van der Waals surface area contributed by atoms with Crippen molar-refractivity contribution in [1.29, 1.82) is 0 Å². The fraction of sp³-hybridized carbons (Fsp3) is 0.733. The highest BCUT2D eigenvalue weighted by molar-refractivity contribution is 5.36. The van der Waals surface area contributed by atoms with Crippen molar-refractivity contribution in [3.63, 3.8) is 0 Å². The van der Waals surface area contributed by atoms with Crippen molar-refractivity contribution in [1.82, 2.24) is 9.97 Å². The van der Waals surface area contributed by atoms with E-state index < -0.39 is 0 Å².